The van der Waals surface area contributed by atoms with Crippen LogP contribution in [-0.2, 0) is 18.3 Å². The topological polar surface area (TPSA) is 26.2 Å². The van der Waals surface area contributed by atoms with E-state index < -0.39 is 0 Å². The molecule has 0 saturated carbocycles. The average molecular weight is 224 g/mol. The molecular weight excluding hydrogens is 200 g/mol. The van der Waals surface area contributed by atoms with Crippen LogP contribution in [0.15, 0.2) is 6.07 Å². The van der Waals surface area contributed by atoms with E-state index in [-0.39, 0.29) is 0 Å². The van der Waals surface area contributed by atoms with Crippen molar-refractivity contribution >= 4 is 0 Å². The summed E-state index contributed by atoms with van der Waals surface area (Å²) >= 11 is 0. The van der Waals surface area contributed by atoms with E-state index >= 15 is 0 Å². The molecule has 1 rings (SSSR count). The molecule has 0 aliphatic rings. The van der Waals surface area contributed by atoms with E-state index in [9.17, 15) is 0 Å². The Bertz CT molecular complexity index is 331. The van der Waals surface area contributed by atoms with Crippen molar-refractivity contribution in [2.24, 2.45) is 13.0 Å². The van der Waals surface area contributed by atoms with Crippen LogP contribution >= 0.6 is 0 Å². The lowest BCUT2D eigenvalue weighted by Gasteiger charge is -2.11. The van der Waals surface area contributed by atoms with Crippen molar-refractivity contribution in [2.45, 2.75) is 27.3 Å². The maximum atomic E-state index is 5.11. The fraction of sp³-hybridized carbons (Fsp3) is 0.692. The monoisotopic (exact) mass is 224 g/mol. The first-order valence-corrected chi connectivity index (χ1v) is 5.87. The normalized spacial score (nSPS) is 13.1. The van der Waals surface area contributed by atoms with Gasteiger partial charge in [0.15, 0.2) is 0 Å². The van der Waals surface area contributed by atoms with Crippen LogP contribution in [0.4, 0.5) is 0 Å². The minimum atomic E-state index is 0.565. The lowest BCUT2D eigenvalue weighted by Crippen LogP contribution is -2.23. The summed E-state index contributed by atoms with van der Waals surface area (Å²) in [6.07, 6.45) is 0. The molecule has 0 aliphatic carbocycles. The van der Waals surface area contributed by atoms with Crippen LogP contribution in [0.1, 0.15) is 23.9 Å². The van der Waals surface area contributed by atoms with Gasteiger partial charge in [-0.15, -0.1) is 0 Å². The highest BCUT2D eigenvalue weighted by atomic mass is 16.5. The Morgan fingerprint density at radius 2 is 2.12 bits per heavy atom. The zero-order valence-corrected chi connectivity index (χ0v) is 11.1. The molecule has 0 spiro atoms. The Balaban J connectivity index is 2.40. The molecule has 1 aromatic heterocycles. The standard InChI is InChI=1S/C13H24N2O/c1-10(9-16-5)7-14-8-13-6-11(2)15(4)12(13)3/h6,10,14H,7-9H2,1-5H3. The van der Waals surface area contributed by atoms with Gasteiger partial charge in [0.2, 0.25) is 0 Å². The second-order valence-electron chi connectivity index (χ2n) is 4.65. The molecule has 3 nitrogen and oxygen atoms in total. The molecule has 0 fully saturated rings. The van der Waals surface area contributed by atoms with Crippen LogP contribution in [0.2, 0.25) is 0 Å². The first-order valence-electron chi connectivity index (χ1n) is 5.87. The van der Waals surface area contributed by atoms with Crippen LogP contribution in [-0.4, -0.2) is 24.8 Å². The van der Waals surface area contributed by atoms with Crippen LogP contribution in [0.25, 0.3) is 0 Å². The van der Waals surface area contributed by atoms with Gasteiger partial charge in [-0.3, -0.25) is 0 Å². The SMILES string of the molecule is COCC(C)CNCc1cc(C)n(C)c1C. The smallest absolute Gasteiger partial charge is 0.0499 e. The third kappa shape index (κ3) is 3.35. The van der Waals surface area contributed by atoms with Crippen LogP contribution < -0.4 is 5.32 Å². The maximum absolute atomic E-state index is 5.11. The third-order valence-electron chi connectivity index (χ3n) is 3.14. The van der Waals surface area contributed by atoms with E-state index in [1.54, 1.807) is 7.11 Å². The van der Waals surface area contributed by atoms with Gasteiger partial charge in [-0.1, -0.05) is 6.92 Å². The van der Waals surface area contributed by atoms with Gasteiger partial charge in [0.1, 0.15) is 0 Å². The van der Waals surface area contributed by atoms with Crippen LogP contribution in [0.5, 0.6) is 0 Å². The molecule has 0 amide bonds. The summed E-state index contributed by atoms with van der Waals surface area (Å²) < 4.78 is 7.34. The van der Waals surface area contributed by atoms with Gasteiger partial charge >= 0.3 is 0 Å². The second kappa shape index (κ2) is 6.06. The molecular formula is C13H24N2O. The van der Waals surface area contributed by atoms with Gasteiger partial charge in [0.25, 0.3) is 0 Å². The Morgan fingerprint density at radius 3 is 2.62 bits per heavy atom. The Labute approximate surface area is 98.8 Å². The van der Waals surface area contributed by atoms with Gasteiger partial charge in [0, 0.05) is 45.2 Å². The summed E-state index contributed by atoms with van der Waals surface area (Å²) in [7, 11) is 3.86. The summed E-state index contributed by atoms with van der Waals surface area (Å²) in [6, 6.07) is 2.25. The van der Waals surface area contributed by atoms with Crippen molar-refractivity contribution < 1.29 is 4.74 Å². The number of rotatable bonds is 6. The maximum Gasteiger partial charge on any atom is 0.0499 e. The number of aryl methyl sites for hydroxylation is 1. The molecule has 0 aliphatic heterocycles. The minimum Gasteiger partial charge on any atom is -0.384 e. The van der Waals surface area contributed by atoms with E-state index in [1.807, 2.05) is 0 Å². The summed E-state index contributed by atoms with van der Waals surface area (Å²) in [5.74, 6) is 0.565. The molecule has 0 bridgehead atoms. The quantitative estimate of drug-likeness (QED) is 0.800. The van der Waals surface area contributed by atoms with Crippen LogP contribution in [0.3, 0.4) is 0 Å². The number of ether oxygens (including phenoxy) is 1. The third-order valence-corrected chi connectivity index (χ3v) is 3.14. The van der Waals surface area contributed by atoms with Gasteiger partial charge < -0.3 is 14.6 Å². The lowest BCUT2D eigenvalue weighted by molar-refractivity contribution is 0.158. The van der Waals surface area contributed by atoms with E-state index in [0.717, 1.165) is 19.7 Å². The summed E-state index contributed by atoms with van der Waals surface area (Å²) in [4.78, 5) is 0. The number of hydrogen-bond donors (Lipinski definition) is 1. The van der Waals surface area contributed by atoms with Crippen molar-refractivity contribution in [3.63, 3.8) is 0 Å². The molecule has 16 heavy (non-hydrogen) atoms. The van der Waals surface area contributed by atoms with E-state index in [4.69, 9.17) is 4.74 Å². The first-order chi connectivity index (χ1) is 7.56. The molecule has 3 heteroatoms. The number of nitrogens with zero attached hydrogens (tertiary/aromatic N) is 1. The summed E-state index contributed by atoms with van der Waals surface area (Å²) in [5.41, 5.74) is 4.06. The predicted octanol–water partition coefficient (Wildman–Crippen LogP) is 2.01. The van der Waals surface area contributed by atoms with Gasteiger partial charge in [-0.25, -0.2) is 0 Å². The molecule has 0 radical (unpaired) electrons. The fourth-order valence-corrected chi connectivity index (χ4v) is 1.91. The van der Waals surface area contributed by atoms with E-state index in [2.05, 4.69) is 43.8 Å². The zero-order chi connectivity index (χ0) is 12.1. The van der Waals surface area contributed by atoms with Gasteiger partial charge in [0.05, 0.1) is 0 Å². The van der Waals surface area contributed by atoms with Crippen molar-refractivity contribution in [2.75, 3.05) is 20.3 Å². The highest BCUT2D eigenvalue weighted by Crippen LogP contribution is 2.12. The highest BCUT2D eigenvalue weighted by molar-refractivity contribution is 5.26. The van der Waals surface area contributed by atoms with Crippen LogP contribution in [0, 0.1) is 19.8 Å². The first kappa shape index (κ1) is 13.3. The molecule has 1 N–H and O–H groups in total. The lowest BCUT2D eigenvalue weighted by atomic mass is 10.2. The molecule has 1 atom stereocenters. The second-order valence-corrected chi connectivity index (χ2v) is 4.65. The summed E-state index contributed by atoms with van der Waals surface area (Å²) in [6.45, 7) is 9.27. The fourth-order valence-electron chi connectivity index (χ4n) is 1.91. The van der Waals surface area contributed by atoms with E-state index in [0.29, 0.717) is 5.92 Å². The number of hydrogen-bond acceptors (Lipinski definition) is 2. The van der Waals surface area contributed by atoms with Gasteiger partial charge in [-0.05, 0) is 31.4 Å². The molecule has 1 aromatic rings. The van der Waals surface area contributed by atoms with E-state index in [1.165, 1.54) is 17.0 Å². The summed E-state index contributed by atoms with van der Waals surface area (Å²) in [5, 5.41) is 3.47. The highest BCUT2D eigenvalue weighted by Gasteiger charge is 2.06. The van der Waals surface area contributed by atoms with Gasteiger partial charge in [-0.2, -0.15) is 0 Å². The predicted molar refractivity (Wildman–Crippen MR) is 67.6 cm³/mol. The molecule has 0 aromatic carbocycles. The Hall–Kier alpha value is -0.800. The number of methoxy groups -OCH3 is 1. The van der Waals surface area contributed by atoms with Crippen molar-refractivity contribution in [1.82, 2.24) is 9.88 Å². The number of aromatic nitrogens is 1. The minimum absolute atomic E-state index is 0.565. The molecule has 1 unspecified atom stereocenters. The zero-order valence-electron chi connectivity index (χ0n) is 11.1. The van der Waals surface area contributed by atoms with Crippen molar-refractivity contribution in [1.29, 1.82) is 0 Å². The average Bonchev–Trinajstić information content (AvgIpc) is 2.47. The largest absolute Gasteiger partial charge is 0.384 e. The van der Waals surface area contributed by atoms with Crippen molar-refractivity contribution in [3.05, 3.63) is 23.0 Å². The number of nitrogens with one attached hydrogen (secondary N) is 1. The molecule has 1 heterocycles. The molecule has 92 valence electrons. The van der Waals surface area contributed by atoms with Crippen molar-refractivity contribution in [3.8, 4) is 0 Å². The molecule has 0 saturated heterocycles. The Kier molecular flexibility index (Phi) is 5.03. The Morgan fingerprint density at radius 1 is 1.44 bits per heavy atom.